The van der Waals surface area contributed by atoms with Gasteiger partial charge in [-0.2, -0.15) is 0 Å². The molecule has 1 N–H and O–H groups in total. The molecule has 1 saturated heterocycles. The van der Waals surface area contributed by atoms with E-state index in [1.807, 2.05) is 0 Å². The molecule has 3 aliphatic rings. The van der Waals surface area contributed by atoms with Crippen molar-refractivity contribution in [3.05, 3.63) is 0 Å². The van der Waals surface area contributed by atoms with Crippen LogP contribution in [0.2, 0.25) is 0 Å². The predicted molar refractivity (Wildman–Crippen MR) is 81.2 cm³/mol. The molecular formula is C17H32N2. The van der Waals surface area contributed by atoms with E-state index < -0.39 is 0 Å². The summed E-state index contributed by atoms with van der Waals surface area (Å²) >= 11 is 0. The van der Waals surface area contributed by atoms with Gasteiger partial charge in [0.25, 0.3) is 0 Å². The zero-order valence-corrected chi connectivity index (χ0v) is 13.3. The molecule has 2 bridgehead atoms. The largest absolute Gasteiger partial charge is 0.311 e. The van der Waals surface area contributed by atoms with Crippen molar-refractivity contribution in [3.8, 4) is 0 Å². The first-order valence-corrected chi connectivity index (χ1v) is 8.44. The van der Waals surface area contributed by atoms with Gasteiger partial charge in [0.2, 0.25) is 0 Å². The Morgan fingerprint density at radius 1 is 1.21 bits per heavy atom. The van der Waals surface area contributed by atoms with Crippen LogP contribution in [0.5, 0.6) is 0 Å². The first-order valence-electron chi connectivity index (χ1n) is 8.44. The van der Waals surface area contributed by atoms with Crippen LogP contribution < -0.4 is 5.32 Å². The fourth-order valence-corrected chi connectivity index (χ4v) is 4.69. The van der Waals surface area contributed by atoms with E-state index in [9.17, 15) is 0 Å². The van der Waals surface area contributed by atoms with Crippen LogP contribution in [0.1, 0.15) is 53.4 Å². The lowest BCUT2D eigenvalue weighted by atomic mass is 9.85. The molecule has 3 fully saturated rings. The number of nitrogens with zero attached hydrogens (tertiary/aromatic N) is 1. The lowest BCUT2D eigenvalue weighted by Crippen LogP contribution is -2.64. The highest BCUT2D eigenvalue weighted by molar-refractivity contribution is 4.98. The molecule has 0 radical (unpaired) electrons. The standard InChI is InChI=1S/C17H32N2/c1-12(2)16-10-19(17(3,4)11-18-16)9-15-8-13-5-6-14(15)7-13/h12-16,18H,5-11H2,1-4H3. The summed E-state index contributed by atoms with van der Waals surface area (Å²) in [4.78, 5) is 2.81. The maximum atomic E-state index is 3.76. The normalized spacial score (nSPS) is 42.2. The molecule has 0 spiro atoms. The van der Waals surface area contributed by atoms with Crippen molar-refractivity contribution in [2.45, 2.75) is 65.0 Å². The second kappa shape index (κ2) is 5.04. The molecule has 0 amide bonds. The smallest absolute Gasteiger partial charge is 0.0278 e. The molecule has 19 heavy (non-hydrogen) atoms. The highest BCUT2D eigenvalue weighted by Crippen LogP contribution is 2.48. The summed E-state index contributed by atoms with van der Waals surface area (Å²) in [5.74, 6) is 3.90. The maximum absolute atomic E-state index is 3.76. The lowest BCUT2D eigenvalue weighted by Gasteiger charge is -2.49. The minimum absolute atomic E-state index is 0.340. The second-order valence-electron chi connectivity index (χ2n) is 8.38. The fraction of sp³-hybridized carbons (Fsp3) is 1.00. The first-order chi connectivity index (χ1) is 8.95. The molecule has 1 aliphatic heterocycles. The second-order valence-corrected chi connectivity index (χ2v) is 8.38. The highest BCUT2D eigenvalue weighted by Gasteiger charge is 2.43. The van der Waals surface area contributed by atoms with Gasteiger partial charge in [0.15, 0.2) is 0 Å². The third-order valence-electron chi connectivity index (χ3n) is 6.21. The third kappa shape index (κ3) is 2.71. The number of rotatable bonds is 3. The zero-order valence-electron chi connectivity index (χ0n) is 13.3. The van der Waals surface area contributed by atoms with E-state index in [0.717, 1.165) is 30.2 Å². The number of hydrogen-bond donors (Lipinski definition) is 1. The average molecular weight is 264 g/mol. The van der Waals surface area contributed by atoms with Gasteiger partial charge in [0.1, 0.15) is 0 Å². The summed E-state index contributed by atoms with van der Waals surface area (Å²) in [5, 5.41) is 3.76. The predicted octanol–water partition coefficient (Wildman–Crippen LogP) is 3.13. The van der Waals surface area contributed by atoms with Gasteiger partial charge >= 0.3 is 0 Å². The number of fused-ring (bicyclic) bond motifs is 2. The van der Waals surface area contributed by atoms with Crippen molar-refractivity contribution in [2.24, 2.45) is 23.7 Å². The molecule has 3 rings (SSSR count). The van der Waals surface area contributed by atoms with Crippen molar-refractivity contribution in [1.82, 2.24) is 10.2 Å². The van der Waals surface area contributed by atoms with Crippen LogP contribution in [-0.4, -0.2) is 36.1 Å². The van der Waals surface area contributed by atoms with Crippen LogP contribution in [0.25, 0.3) is 0 Å². The Bertz CT molecular complexity index is 323. The van der Waals surface area contributed by atoms with Gasteiger partial charge in [0.05, 0.1) is 0 Å². The molecule has 2 aliphatic carbocycles. The van der Waals surface area contributed by atoms with E-state index in [4.69, 9.17) is 0 Å². The third-order valence-corrected chi connectivity index (χ3v) is 6.21. The molecule has 4 unspecified atom stereocenters. The quantitative estimate of drug-likeness (QED) is 0.842. The van der Waals surface area contributed by atoms with E-state index in [0.29, 0.717) is 11.6 Å². The molecule has 2 saturated carbocycles. The van der Waals surface area contributed by atoms with Crippen LogP contribution in [0.4, 0.5) is 0 Å². The fourth-order valence-electron chi connectivity index (χ4n) is 4.69. The Labute approximate surface area is 119 Å². The van der Waals surface area contributed by atoms with Crippen LogP contribution in [0.15, 0.2) is 0 Å². The molecule has 2 nitrogen and oxygen atoms in total. The Balaban J connectivity index is 1.63. The van der Waals surface area contributed by atoms with E-state index >= 15 is 0 Å². The van der Waals surface area contributed by atoms with Crippen LogP contribution in [-0.2, 0) is 0 Å². The van der Waals surface area contributed by atoms with Crippen molar-refractivity contribution in [3.63, 3.8) is 0 Å². The summed E-state index contributed by atoms with van der Waals surface area (Å²) < 4.78 is 0. The van der Waals surface area contributed by atoms with Gasteiger partial charge in [-0.1, -0.05) is 20.3 Å². The van der Waals surface area contributed by atoms with Gasteiger partial charge in [-0.05, 0) is 56.8 Å². The summed E-state index contributed by atoms with van der Waals surface area (Å²) in [6.45, 7) is 13.3. The first kappa shape index (κ1) is 13.9. The average Bonchev–Trinajstić information content (AvgIpc) is 2.93. The summed E-state index contributed by atoms with van der Waals surface area (Å²) in [6.07, 6.45) is 6.12. The Morgan fingerprint density at radius 3 is 2.58 bits per heavy atom. The SMILES string of the molecule is CC(C)C1CN(CC2CC3CCC2C3)C(C)(C)CN1. The monoisotopic (exact) mass is 264 g/mol. The maximum Gasteiger partial charge on any atom is 0.0278 e. The summed E-state index contributed by atoms with van der Waals surface area (Å²) in [6, 6.07) is 0.687. The van der Waals surface area contributed by atoms with Gasteiger partial charge in [-0.25, -0.2) is 0 Å². The Hall–Kier alpha value is -0.0800. The lowest BCUT2D eigenvalue weighted by molar-refractivity contribution is 0.0320. The Kier molecular flexibility index (Phi) is 3.68. The van der Waals surface area contributed by atoms with Crippen molar-refractivity contribution in [2.75, 3.05) is 19.6 Å². The van der Waals surface area contributed by atoms with Crippen LogP contribution in [0, 0.1) is 23.7 Å². The van der Waals surface area contributed by atoms with Gasteiger partial charge in [-0.15, -0.1) is 0 Å². The van der Waals surface area contributed by atoms with E-state index in [1.165, 1.54) is 32.4 Å². The van der Waals surface area contributed by atoms with E-state index in [2.05, 4.69) is 37.9 Å². The van der Waals surface area contributed by atoms with Crippen LogP contribution >= 0.6 is 0 Å². The molecule has 0 aromatic heterocycles. The zero-order chi connectivity index (χ0) is 13.6. The van der Waals surface area contributed by atoms with E-state index in [-0.39, 0.29) is 0 Å². The molecule has 110 valence electrons. The van der Waals surface area contributed by atoms with Gasteiger partial charge in [-0.3, -0.25) is 4.90 Å². The molecule has 0 aromatic carbocycles. The number of nitrogens with one attached hydrogen (secondary N) is 1. The topological polar surface area (TPSA) is 15.3 Å². The molecule has 4 atom stereocenters. The number of piperazine rings is 1. The minimum atomic E-state index is 0.340. The summed E-state index contributed by atoms with van der Waals surface area (Å²) in [7, 11) is 0. The van der Waals surface area contributed by atoms with Gasteiger partial charge < -0.3 is 5.32 Å². The van der Waals surface area contributed by atoms with Crippen molar-refractivity contribution in [1.29, 1.82) is 0 Å². The van der Waals surface area contributed by atoms with Gasteiger partial charge in [0, 0.05) is 31.2 Å². The summed E-state index contributed by atoms with van der Waals surface area (Å²) in [5.41, 5.74) is 0.340. The van der Waals surface area contributed by atoms with Crippen molar-refractivity contribution < 1.29 is 0 Å². The molecule has 1 heterocycles. The van der Waals surface area contributed by atoms with Crippen LogP contribution in [0.3, 0.4) is 0 Å². The van der Waals surface area contributed by atoms with Crippen molar-refractivity contribution >= 4 is 0 Å². The Morgan fingerprint density at radius 2 is 2.00 bits per heavy atom. The molecule has 2 heteroatoms. The molecule has 0 aromatic rings. The number of hydrogen-bond acceptors (Lipinski definition) is 2. The molecular weight excluding hydrogens is 232 g/mol. The minimum Gasteiger partial charge on any atom is -0.311 e. The highest BCUT2D eigenvalue weighted by atomic mass is 15.3. The van der Waals surface area contributed by atoms with E-state index in [1.54, 1.807) is 6.42 Å².